The molecule has 0 fully saturated rings. The van der Waals surface area contributed by atoms with Gasteiger partial charge in [0.1, 0.15) is 0 Å². The maximum Gasteiger partial charge on any atom is 0.0991 e. The molecule has 0 aliphatic carbocycles. The van der Waals surface area contributed by atoms with Crippen molar-refractivity contribution in [1.82, 2.24) is 0 Å². The highest BCUT2D eigenvalue weighted by molar-refractivity contribution is 7.98. The van der Waals surface area contributed by atoms with E-state index in [1.807, 2.05) is 44.4 Å². The Kier molecular flexibility index (Phi) is 12.2. The van der Waals surface area contributed by atoms with Crippen molar-refractivity contribution >= 4 is 11.8 Å². The van der Waals surface area contributed by atoms with Crippen LogP contribution in [0, 0.1) is 11.3 Å². The van der Waals surface area contributed by atoms with Crippen LogP contribution in [0.4, 0.5) is 0 Å². The first kappa shape index (κ1) is 19.3. The number of thioether (sulfide) groups is 1. The zero-order valence-electron chi connectivity index (χ0n) is 13.5. The van der Waals surface area contributed by atoms with Crippen LogP contribution in [-0.2, 0) is 6.42 Å². The molecule has 0 spiro atoms. The van der Waals surface area contributed by atoms with Gasteiger partial charge in [-0.15, -0.1) is 11.8 Å². The Labute approximate surface area is 134 Å². The van der Waals surface area contributed by atoms with E-state index in [1.165, 1.54) is 23.3 Å². The highest BCUT2D eigenvalue weighted by Crippen LogP contribution is 2.13. The van der Waals surface area contributed by atoms with Crippen molar-refractivity contribution in [2.75, 3.05) is 6.26 Å². The molecular weight excluding hydrogens is 274 g/mol. The van der Waals surface area contributed by atoms with Crippen molar-refractivity contribution in [2.24, 2.45) is 0 Å². The third-order valence-corrected chi connectivity index (χ3v) is 3.34. The van der Waals surface area contributed by atoms with E-state index in [4.69, 9.17) is 5.26 Å². The Morgan fingerprint density at radius 1 is 0.952 bits per heavy atom. The molecule has 112 valence electrons. The Morgan fingerprint density at radius 2 is 1.52 bits per heavy atom. The minimum Gasteiger partial charge on any atom is -0.192 e. The first-order valence-corrected chi connectivity index (χ1v) is 8.60. The highest BCUT2D eigenvalue weighted by Gasteiger charge is 1.89. The number of benzene rings is 2. The van der Waals surface area contributed by atoms with E-state index in [2.05, 4.69) is 43.3 Å². The molecule has 2 heteroatoms. The minimum absolute atomic E-state index is 0.720. The van der Waals surface area contributed by atoms with Gasteiger partial charge in [-0.25, -0.2) is 0 Å². The quantitative estimate of drug-likeness (QED) is 0.654. The minimum atomic E-state index is 0.720. The average molecular weight is 299 g/mol. The average Bonchev–Trinajstić information content (AvgIpc) is 2.58. The third-order valence-electron chi connectivity index (χ3n) is 2.60. The molecule has 0 aliphatic rings. The summed E-state index contributed by atoms with van der Waals surface area (Å²) in [6, 6.07) is 20.2. The van der Waals surface area contributed by atoms with Crippen molar-refractivity contribution in [3.63, 3.8) is 0 Å². The first-order valence-electron chi connectivity index (χ1n) is 7.38. The summed E-state index contributed by atoms with van der Waals surface area (Å²) in [5, 5.41) is 8.44. The lowest BCUT2D eigenvalue weighted by Gasteiger charge is -1.93. The Bertz CT molecular complexity index is 497. The molecule has 2 aromatic rings. The van der Waals surface area contributed by atoms with Gasteiger partial charge in [0, 0.05) is 4.90 Å². The second-order valence-corrected chi connectivity index (χ2v) is 4.96. The van der Waals surface area contributed by atoms with Crippen LogP contribution in [0.15, 0.2) is 59.5 Å². The van der Waals surface area contributed by atoms with Crippen molar-refractivity contribution in [3.05, 3.63) is 65.7 Å². The molecule has 1 nitrogen and oxygen atoms in total. The maximum absolute atomic E-state index is 8.44. The van der Waals surface area contributed by atoms with Crippen LogP contribution in [0.3, 0.4) is 0 Å². The van der Waals surface area contributed by atoms with Crippen LogP contribution in [-0.4, -0.2) is 6.26 Å². The largest absolute Gasteiger partial charge is 0.192 e. The topological polar surface area (TPSA) is 23.8 Å². The fourth-order valence-electron chi connectivity index (χ4n) is 1.60. The van der Waals surface area contributed by atoms with Crippen LogP contribution in [0.25, 0.3) is 0 Å². The molecule has 21 heavy (non-hydrogen) atoms. The van der Waals surface area contributed by atoms with Gasteiger partial charge in [-0.1, -0.05) is 57.5 Å². The number of nitriles is 1. The number of aryl methyl sites for hydroxylation is 1. The summed E-state index contributed by atoms with van der Waals surface area (Å²) in [4.78, 5) is 1.19. The van der Waals surface area contributed by atoms with Gasteiger partial charge in [-0.2, -0.15) is 5.26 Å². The normalized spacial score (nSPS) is 8.52. The van der Waals surface area contributed by atoms with Gasteiger partial charge in [0.05, 0.1) is 11.6 Å². The predicted octanol–water partition coefficient (Wildman–Crippen LogP) is 5.95. The van der Waals surface area contributed by atoms with Crippen LogP contribution in [0.2, 0.25) is 0 Å². The molecule has 0 saturated carbocycles. The van der Waals surface area contributed by atoms with E-state index in [-0.39, 0.29) is 0 Å². The number of hydrogen-bond donors (Lipinski definition) is 0. The van der Waals surface area contributed by atoms with E-state index in [0.29, 0.717) is 0 Å². The Hall–Kier alpha value is -1.72. The van der Waals surface area contributed by atoms with E-state index >= 15 is 0 Å². The monoisotopic (exact) mass is 299 g/mol. The lowest BCUT2D eigenvalue weighted by molar-refractivity contribution is 0.922. The molecule has 0 atom stereocenters. The molecule has 0 heterocycles. The molecule has 2 aromatic carbocycles. The van der Waals surface area contributed by atoms with Crippen molar-refractivity contribution in [2.45, 2.75) is 38.5 Å². The predicted molar refractivity (Wildman–Crippen MR) is 94.7 cm³/mol. The second kappa shape index (κ2) is 13.3. The molecule has 0 amide bonds. The van der Waals surface area contributed by atoms with Crippen molar-refractivity contribution in [3.8, 4) is 6.07 Å². The summed E-state index contributed by atoms with van der Waals surface area (Å²) in [5.74, 6) is 0. The third kappa shape index (κ3) is 8.94. The summed E-state index contributed by atoms with van der Waals surface area (Å²) in [5.41, 5.74) is 2.16. The fraction of sp³-hybridized carbons (Fsp3) is 0.316. The van der Waals surface area contributed by atoms with Crippen LogP contribution >= 0.6 is 11.8 Å². The van der Waals surface area contributed by atoms with Gasteiger partial charge < -0.3 is 0 Å². The van der Waals surface area contributed by atoms with Gasteiger partial charge in [0.25, 0.3) is 0 Å². The Morgan fingerprint density at radius 3 is 1.95 bits per heavy atom. The zero-order chi connectivity index (χ0) is 15.9. The second-order valence-electron chi connectivity index (χ2n) is 4.08. The Balaban J connectivity index is 0.000000342. The summed E-state index contributed by atoms with van der Waals surface area (Å²) >= 11 is 1.68. The maximum atomic E-state index is 8.44. The van der Waals surface area contributed by atoms with Gasteiger partial charge >= 0.3 is 0 Å². The lowest BCUT2D eigenvalue weighted by Crippen LogP contribution is -1.78. The SMILES string of the molecule is CC.CCCc1ccccc1.CSc1ccc(C#N)cc1. The summed E-state index contributed by atoms with van der Waals surface area (Å²) in [6.45, 7) is 6.20. The van der Waals surface area contributed by atoms with Crippen LogP contribution in [0.5, 0.6) is 0 Å². The van der Waals surface area contributed by atoms with Crippen molar-refractivity contribution < 1.29 is 0 Å². The molecule has 0 aromatic heterocycles. The standard InChI is InChI=1S/C9H12.C8H7NS.C2H6/c1-2-6-9-7-4-3-5-8-9;1-10-8-4-2-7(6-9)3-5-8;1-2/h3-5,7-8H,2,6H2,1H3;2-5H,1H3;1-2H3. The molecule has 0 N–H and O–H groups in total. The van der Waals surface area contributed by atoms with E-state index in [0.717, 1.165) is 5.56 Å². The molecule has 2 rings (SSSR count). The van der Waals surface area contributed by atoms with Gasteiger partial charge in [0.15, 0.2) is 0 Å². The summed E-state index contributed by atoms with van der Waals surface area (Å²) < 4.78 is 0. The molecular formula is C19H25NS. The zero-order valence-corrected chi connectivity index (χ0v) is 14.3. The van der Waals surface area contributed by atoms with E-state index in [1.54, 1.807) is 11.8 Å². The molecule has 0 radical (unpaired) electrons. The molecule has 0 bridgehead atoms. The van der Waals surface area contributed by atoms with Gasteiger partial charge in [-0.3, -0.25) is 0 Å². The number of nitrogens with zero attached hydrogens (tertiary/aromatic N) is 1. The van der Waals surface area contributed by atoms with Gasteiger partial charge in [0.2, 0.25) is 0 Å². The van der Waals surface area contributed by atoms with Gasteiger partial charge in [-0.05, 0) is 42.5 Å². The number of rotatable bonds is 3. The molecule has 0 aliphatic heterocycles. The lowest BCUT2D eigenvalue weighted by atomic mass is 10.1. The highest BCUT2D eigenvalue weighted by atomic mass is 32.2. The number of hydrogen-bond acceptors (Lipinski definition) is 2. The molecule has 0 unspecified atom stereocenters. The first-order chi connectivity index (χ1) is 10.3. The smallest absolute Gasteiger partial charge is 0.0991 e. The fourth-order valence-corrected chi connectivity index (χ4v) is 2.01. The summed E-state index contributed by atoms with van der Waals surface area (Å²) in [7, 11) is 0. The van der Waals surface area contributed by atoms with Crippen molar-refractivity contribution in [1.29, 1.82) is 5.26 Å². The van der Waals surface area contributed by atoms with E-state index < -0.39 is 0 Å². The van der Waals surface area contributed by atoms with E-state index in [9.17, 15) is 0 Å². The van der Waals surface area contributed by atoms with Crippen LogP contribution in [0.1, 0.15) is 38.3 Å². The summed E-state index contributed by atoms with van der Waals surface area (Å²) in [6.07, 6.45) is 4.46. The molecule has 0 saturated heterocycles. The van der Waals surface area contributed by atoms with Crippen LogP contribution < -0.4 is 0 Å².